The zero-order valence-corrected chi connectivity index (χ0v) is 11.8. The Morgan fingerprint density at radius 3 is 2.70 bits per heavy atom. The highest BCUT2D eigenvalue weighted by Crippen LogP contribution is 2.23. The van der Waals surface area contributed by atoms with Gasteiger partial charge < -0.3 is 15.4 Å². The van der Waals surface area contributed by atoms with E-state index in [9.17, 15) is 14.9 Å². The molecule has 0 fully saturated rings. The summed E-state index contributed by atoms with van der Waals surface area (Å²) in [5, 5.41) is 11.0. The second-order valence-electron chi connectivity index (χ2n) is 4.43. The first-order valence-electron chi connectivity index (χ1n) is 6.26. The van der Waals surface area contributed by atoms with E-state index in [1.165, 1.54) is 30.2 Å². The molecule has 1 atom stereocenters. The van der Waals surface area contributed by atoms with Crippen LogP contribution in [0, 0.1) is 10.1 Å². The van der Waals surface area contributed by atoms with E-state index in [2.05, 4.69) is 0 Å². The van der Waals surface area contributed by atoms with Gasteiger partial charge in [-0.15, -0.1) is 0 Å². The first kappa shape index (κ1) is 15.9. The molecular formula is C13H19N3O4. The summed E-state index contributed by atoms with van der Waals surface area (Å²) < 4.78 is 5.02. The van der Waals surface area contributed by atoms with Crippen LogP contribution >= 0.6 is 0 Å². The summed E-state index contributed by atoms with van der Waals surface area (Å²) in [7, 11) is 1.54. The number of anilines is 1. The number of nitro groups is 1. The highest BCUT2D eigenvalue weighted by Gasteiger charge is 2.26. The van der Waals surface area contributed by atoms with Crippen molar-refractivity contribution in [3.63, 3.8) is 0 Å². The van der Waals surface area contributed by atoms with Gasteiger partial charge in [0.15, 0.2) is 0 Å². The Hall–Kier alpha value is -2.15. The number of carbonyl (C=O) groups excluding carboxylic acids is 1. The largest absolute Gasteiger partial charge is 0.399 e. The van der Waals surface area contributed by atoms with Crippen LogP contribution in [0.4, 0.5) is 11.4 Å². The molecule has 7 nitrogen and oxygen atoms in total. The minimum absolute atomic E-state index is 0.000182. The number of carbonyl (C=O) groups is 1. The predicted octanol–water partition coefficient (Wildman–Crippen LogP) is 1.67. The number of amides is 1. The van der Waals surface area contributed by atoms with Crippen LogP contribution in [-0.4, -0.2) is 42.0 Å². The van der Waals surface area contributed by atoms with Crippen LogP contribution in [0.25, 0.3) is 0 Å². The van der Waals surface area contributed by atoms with E-state index in [-0.39, 0.29) is 17.3 Å². The molecule has 1 aromatic rings. The molecule has 0 aliphatic rings. The number of nitro benzene ring substituents is 1. The summed E-state index contributed by atoms with van der Waals surface area (Å²) in [6.45, 7) is 4.41. The van der Waals surface area contributed by atoms with Crippen LogP contribution in [0.15, 0.2) is 18.2 Å². The molecule has 1 unspecified atom stereocenters. The first-order chi connectivity index (χ1) is 9.42. The maximum atomic E-state index is 12.5. The van der Waals surface area contributed by atoms with Crippen LogP contribution in [0.5, 0.6) is 0 Å². The minimum atomic E-state index is -0.582. The van der Waals surface area contributed by atoms with E-state index in [4.69, 9.17) is 10.5 Å². The van der Waals surface area contributed by atoms with E-state index in [0.29, 0.717) is 18.8 Å². The van der Waals surface area contributed by atoms with Gasteiger partial charge in [0.2, 0.25) is 0 Å². The Morgan fingerprint density at radius 2 is 2.20 bits per heavy atom. The quantitative estimate of drug-likeness (QED) is 0.486. The average Bonchev–Trinajstić information content (AvgIpc) is 2.39. The molecule has 2 N–H and O–H groups in total. The number of hydrogen-bond acceptors (Lipinski definition) is 5. The van der Waals surface area contributed by atoms with E-state index in [0.717, 1.165) is 0 Å². The monoisotopic (exact) mass is 281 g/mol. The van der Waals surface area contributed by atoms with Gasteiger partial charge in [0.25, 0.3) is 11.6 Å². The van der Waals surface area contributed by atoms with Crippen LogP contribution in [0.1, 0.15) is 24.2 Å². The second kappa shape index (κ2) is 6.85. The van der Waals surface area contributed by atoms with Gasteiger partial charge in [-0.3, -0.25) is 14.9 Å². The van der Waals surface area contributed by atoms with Crippen LogP contribution in [-0.2, 0) is 4.74 Å². The van der Waals surface area contributed by atoms with Crippen molar-refractivity contribution in [2.45, 2.75) is 19.9 Å². The number of hydrogen-bond donors (Lipinski definition) is 1. The molecule has 110 valence electrons. The summed E-state index contributed by atoms with van der Waals surface area (Å²) in [6.07, 6.45) is 0. The number of nitrogen functional groups attached to an aromatic ring is 1. The Morgan fingerprint density at radius 1 is 1.55 bits per heavy atom. The Balaban J connectivity index is 3.18. The third kappa shape index (κ3) is 3.45. The van der Waals surface area contributed by atoms with Crippen molar-refractivity contribution in [3.8, 4) is 0 Å². The third-order valence-corrected chi connectivity index (χ3v) is 2.99. The lowest BCUT2D eigenvalue weighted by Crippen LogP contribution is -2.41. The lowest BCUT2D eigenvalue weighted by molar-refractivity contribution is -0.385. The fourth-order valence-corrected chi connectivity index (χ4v) is 2.03. The average molecular weight is 281 g/mol. The van der Waals surface area contributed by atoms with Gasteiger partial charge in [0, 0.05) is 25.4 Å². The molecule has 7 heteroatoms. The van der Waals surface area contributed by atoms with E-state index < -0.39 is 10.8 Å². The van der Waals surface area contributed by atoms with Gasteiger partial charge in [-0.1, -0.05) is 0 Å². The maximum absolute atomic E-state index is 12.5. The molecule has 0 aliphatic heterocycles. The second-order valence-corrected chi connectivity index (χ2v) is 4.43. The van der Waals surface area contributed by atoms with Crippen molar-refractivity contribution in [3.05, 3.63) is 33.9 Å². The molecule has 0 heterocycles. The molecule has 0 saturated heterocycles. The van der Waals surface area contributed by atoms with Crippen molar-refractivity contribution >= 4 is 17.3 Å². The van der Waals surface area contributed by atoms with Crippen molar-refractivity contribution in [2.75, 3.05) is 26.0 Å². The maximum Gasteiger partial charge on any atom is 0.282 e. The van der Waals surface area contributed by atoms with Gasteiger partial charge in [0.05, 0.1) is 17.6 Å². The molecule has 0 aromatic heterocycles. The summed E-state index contributed by atoms with van der Waals surface area (Å²) >= 11 is 0. The molecular weight excluding hydrogens is 262 g/mol. The standard InChI is InChI=1S/C13H19N3O4/c1-4-15(9(2)8-20-3)13(17)11-7-10(14)5-6-12(11)16(18)19/h5-7,9H,4,8,14H2,1-3H3. The SMILES string of the molecule is CCN(C(=O)c1cc(N)ccc1[N+](=O)[O-])C(C)COC. The molecule has 0 radical (unpaired) electrons. The number of nitrogens with zero attached hydrogens (tertiary/aromatic N) is 2. The van der Waals surface area contributed by atoms with Gasteiger partial charge in [-0.2, -0.15) is 0 Å². The number of methoxy groups -OCH3 is 1. The van der Waals surface area contributed by atoms with E-state index >= 15 is 0 Å². The third-order valence-electron chi connectivity index (χ3n) is 2.99. The van der Waals surface area contributed by atoms with Gasteiger partial charge in [0.1, 0.15) is 5.56 Å². The lowest BCUT2D eigenvalue weighted by Gasteiger charge is -2.27. The minimum Gasteiger partial charge on any atom is -0.399 e. The number of nitrogens with two attached hydrogens (primary N) is 1. The van der Waals surface area contributed by atoms with Gasteiger partial charge in [-0.05, 0) is 26.0 Å². The Kier molecular flexibility index (Phi) is 5.45. The molecule has 0 aliphatic carbocycles. The number of rotatable bonds is 6. The van der Waals surface area contributed by atoms with Crippen molar-refractivity contribution in [2.24, 2.45) is 0 Å². The highest BCUT2D eigenvalue weighted by molar-refractivity contribution is 5.99. The zero-order valence-electron chi connectivity index (χ0n) is 11.8. The summed E-state index contributed by atoms with van der Waals surface area (Å²) in [4.78, 5) is 24.4. The van der Waals surface area contributed by atoms with Gasteiger partial charge >= 0.3 is 0 Å². The van der Waals surface area contributed by atoms with E-state index in [1.807, 2.05) is 13.8 Å². The topological polar surface area (TPSA) is 98.7 Å². The molecule has 0 spiro atoms. The molecule has 0 bridgehead atoms. The molecule has 0 saturated carbocycles. The van der Waals surface area contributed by atoms with E-state index in [1.54, 1.807) is 0 Å². The summed E-state index contributed by atoms with van der Waals surface area (Å²) in [5.74, 6) is -0.420. The Labute approximate surface area is 117 Å². The number of benzene rings is 1. The molecule has 1 rings (SSSR count). The van der Waals surface area contributed by atoms with Crippen molar-refractivity contribution < 1.29 is 14.5 Å². The fourth-order valence-electron chi connectivity index (χ4n) is 2.03. The normalized spacial score (nSPS) is 11.9. The smallest absolute Gasteiger partial charge is 0.282 e. The predicted molar refractivity (Wildman–Crippen MR) is 75.6 cm³/mol. The van der Waals surface area contributed by atoms with Crippen LogP contribution in [0.2, 0.25) is 0 Å². The molecule has 20 heavy (non-hydrogen) atoms. The Bertz CT molecular complexity index is 504. The zero-order chi connectivity index (χ0) is 15.3. The molecule has 1 amide bonds. The first-order valence-corrected chi connectivity index (χ1v) is 6.26. The summed E-state index contributed by atoms with van der Waals surface area (Å²) in [5.41, 5.74) is 5.69. The van der Waals surface area contributed by atoms with Crippen LogP contribution in [0.3, 0.4) is 0 Å². The van der Waals surface area contributed by atoms with Crippen molar-refractivity contribution in [1.29, 1.82) is 0 Å². The molecule has 1 aromatic carbocycles. The summed E-state index contributed by atoms with van der Waals surface area (Å²) in [6, 6.07) is 3.81. The highest BCUT2D eigenvalue weighted by atomic mass is 16.6. The van der Waals surface area contributed by atoms with Crippen molar-refractivity contribution in [1.82, 2.24) is 4.90 Å². The number of likely N-dealkylation sites (N-methyl/N-ethyl adjacent to an activating group) is 1. The number of ether oxygens (including phenoxy) is 1. The van der Waals surface area contributed by atoms with Crippen LogP contribution < -0.4 is 5.73 Å². The lowest BCUT2D eigenvalue weighted by atomic mass is 10.1. The van der Waals surface area contributed by atoms with Gasteiger partial charge in [-0.25, -0.2) is 0 Å². The fraction of sp³-hybridized carbons (Fsp3) is 0.462.